The molecule has 17 heteroatoms. The zero-order valence-electron chi connectivity index (χ0n) is 35.3. The number of benzene rings is 4. The monoisotopic (exact) mass is 928 g/mol. The number of nitrogens with zero attached hydrogens (tertiary/aromatic N) is 4. The molecule has 5 heterocycles. The van der Waals surface area contributed by atoms with Crippen molar-refractivity contribution in [1.29, 1.82) is 0 Å². The molecular formula is C49H40N10O4S3. The van der Waals surface area contributed by atoms with Gasteiger partial charge in [-0.3, -0.25) is 24.9 Å². The third kappa shape index (κ3) is 11.9. The molecule has 66 heavy (non-hydrogen) atoms. The topological polar surface area (TPSA) is 195 Å². The van der Waals surface area contributed by atoms with E-state index in [1.165, 1.54) is 46.1 Å². The summed E-state index contributed by atoms with van der Waals surface area (Å²) in [7, 11) is 0. The molecule has 0 spiro atoms. The van der Waals surface area contributed by atoms with E-state index in [0.29, 0.717) is 28.2 Å². The SMILES string of the molecule is Cc1ccc(NC(=O)c2ccc(NC(=O)Nc3cccs3)cc2)cc1Nc1nc(-c2cccnc2)cs1.Cc1ccc(NC(=O)c2ccc(O)cc2)cc1Nc1nc(-c2cccnc2)cs1. The summed E-state index contributed by atoms with van der Waals surface area (Å²) in [5, 5.41) is 35.4. The van der Waals surface area contributed by atoms with Crippen LogP contribution in [0.25, 0.3) is 22.5 Å². The van der Waals surface area contributed by atoms with E-state index in [2.05, 4.69) is 51.8 Å². The number of aromatic nitrogens is 4. The first-order chi connectivity index (χ1) is 32.1. The molecule has 4 aromatic carbocycles. The summed E-state index contributed by atoms with van der Waals surface area (Å²) in [6, 6.07) is 35.2. The third-order valence-corrected chi connectivity index (χ3v) is 12.0. The fraction of sp³-hybridized carbons (Fsp3) is 0.0408. The molecule has 0 aliphatic heterocycles. The highest BCUT2D eigenvalue weighted by Gasteiger charge is 2.13. The maximum absolute atomic E-state index is 12.8. The van der Waals surface area contributed by atoms with Gasteiger partial charge in [-0.25, -0.2) is 14.8 Å². The summed E-state index contributed by atoms with van der Waals surface area (Å²) in [4.78, 5) is 54.9. The number of hydrogen-bond acceptors (Lipinski definition) is 13. The van der Waals surface area contributed by atoms with Crippen molar-refractivity contribution in [2.75, 3.05) is 31.9 Å². The van der Waals surface area contributed by atoms with E-state index in [9.17, 15) is 19.5 Å². The van der Waals surface area contributed by atoms with E-state index < -0.39 is 0 Å². The van der Waals surface area contributed by atoms with Crippen LogP contribution in [0.15, 0.2) is 162 Å². The lowest BCUT2D eigenvalue weighted by Crippen LogP contribution is -2.19. The largest absolute Gasteiger partial charge is 0.508 e. The van der Waals surface area contributed by atoms with E-state index >= 15 is 0 Å². The molecule has 14 nitrogen and oxygen atoms in total. The second-order valence-corrected chi connectivity index (χ2v) is 17.1. The first kappa shape index (κ1) is 44.4. The van der Waals surface area contributed by atoms with Crippen molar-refractivity contribution in [3.05, 3.63) is 185 Å². The fourth-order valence-electron chi connectivity index (χ4n) is 6.20. The normalized spacial score (nSPS) is 10.5. The van der Waals surface area contributed by atoms with Gasteiger partial charge in [0, 0.05) is 86.2 Å². The highest BCUT2D eigenvalue weighted by molar-refractivity contribution is 7.14. The van der Waals surface area contributed by atoms with Gasteiger partial charge in [0.25, 0.3) is 11.8 Å². The maximum Gasteiger partial charge on any atom is 0.324 e. The van der Waals surface area contributed by atoms with Crippen molar-refractivity contribution >= 4 is 95.6 Å². The van der Waals surface area contributed by atoms with Crippen LogP contribution in [0.2, 0.25) is 0 Å². The Hall–Kier alpha value is -8.25. The summed E-state index contributed by atoms with van der Waals surface area (Å²) in [6.45, 7) is 3.98. The van der Waals surface area contributed by atoms with Crippen LogP contribution < -0.4 is 31.9 Å². The second-order valence-electron chi connectivity index (χ2n) is 14.5. The van der Waals surface area contributed by atoms with Crippen LogP contribution in [0.1, 0.15) is 31.8 Å². The van der Waals surface area contributed by atoms with Crippen LogP contribution in [0, 0.1) is 13.8 Å². The van der Waals surface area contributed by atoms with Crippen molar-refractivity contribution in [3.63, 3.8) is 0 Å². The van der Waals surface area contributed by atoms with Crippen LogP contribution in [0.3, 0.4) is 0 Å². The van der Waals surface area contributed by atoms with Crippen molar-refractivity contribution in [1.82, 2.24) is 19.9 Å². The first-order valence-corrected chi connectivity index (χ1v) is 22.9. The number of amides is 4. The summed E-state index contributed by atoms with van der Waals surface area (Å²) in [5.41, 5.74) is 10.2. The molecule has 9 rings (SSSR count). The zero-order valence-corrected chi connectivity index (χ0v) is 37.7. The second kappa shape index (κ2) is 21.0. The van der Waals surface area contributed by atoms with Gasteiger partial charge < -0.3 is 31.7 Å². The van der Waals surface area contributed by atoms with Crippen molar-refractivity contribution < 1.29 is 19.5 Å². The summed E-state index contributed by atoms with van der Waals surface area (Å²) in [6.07, 6.45) is 7.03. The van der Waals surface area contributed by atoms with Gasteiger partial charge in [0.05, 0.1) is 16.4 Å². The Morgan fingerprint density at radius 3 is 1.50 bits per heavy atom. The number of carbonyl (C=O) groups is 3. The van der Waals surface area contributed by atoms with E-state index in [-0.39, 0.29) is 23.6 Å². The van der Waals surface area contributed by atoms with Gasteiger partial charge in [0.2, 0.25) is 0 Å². The number of phenolic OH excluding ortho intramolecular Hbond substituents is 1. The lowest BCUT2D eigenvalue weighted by molar-refractivity contribution is 0.101. The van der Waals surface area contributed by atoms with Gasteiger partial charge in [-0.15, -0.1) is 34.0 Å². The number of rotatable bonds is 12. The summed E-state index contributed by atoms with van der Waals surface area (Å²) >= 11 is 4.44. The molecule has 0 aliphatic carbocycles. The van der Waals surface area contributed by atoms with E-state index in [4.69, 9.17) is 0 Å². The van der Waals surface area contributed by atoms with Crippen LogP contribution in [-0.2, 0) is 0 Å². The van der Waals surface area contributed by atoms with Crippen LogP contribution >= 0.6 is 34.0 Å². The van der Waals surface area contributed by atoms with Crippen molar-refractivity contribution in [2.45, 2.75) is 13.8 Å². The molecular weight excluding hydrogens is 889 g/mol. The fourth-order valence-corrected chi connectivity index (χ4v) is 8.28. The minimum absolute atomic E-state index is 0.123. The number of aryl methyl sites for hydroxylation is 2. The molecule has 7 N–H and O–H groups in total. The molecule has 0 saturated heterocycles. The number of hydrogen-bond donors (Lipinski definition) is 7. The molecule has 0 atom stereocenters. The minimum Gasteiger partial charge on any atom is -0.508 e. The number of pyridine rings is 2. The molecule has 328 valence electrons. The Morgan fingerprint density at radius 2 is 1.03 bits per heavy atom. The highest BCUT2D eigenvalue weighted by atomic mass is 32.1. The van der Waals surface area contributed by atoms with Gasteiger partial charge in [-0.05, 0) is 140 Å². The van der Waals surface area contributed by atoms with Crippen molar-refractivity contribution in [2.24, 2.45) is 0 Å². The number of urea groups is 1. The number of phenols is 1. The van der Waals surface area contributed by atoms with Crippen molar-refractivity contribution in [3.8, 4) is 28.3 Å². The Bertz CT molecular complexity index is 3070. The Balaban J connectivity index is 0.000000185. The molecule has 0 aliphatic rings. The summed E-state index contributed by atoms with van der Waals surface area (Å²) in [5.74, 6) is -0.372. The lowest BCUT2D eigenvalue weighted by Gasteiger charge is -2.11. The van der Waals surface area contributed by atoms with Gasteiger partial charge in [0.15, 0.2) is 10.3 Å². The van der Waals surface area contributed by atoms with E-state index in [1.807, 2.05) is 103 Å². The molecule has 9 aromatic rings. The lowest BCUT2D eigenvalue weighted by atomic mass is 10.1. The number of thiophene rings is 1. The molecule has 5 aromatic heterocycles. The number of thiazole rings is 2. The minimum atomic E-state index is -0.341. The zero-order chi connectivity index (χ0) is 45.8. The first-order valence-electron chi connectivity index (χ1n) is 20.2. The average Bonchev–Trinajstić information content (AvgIpc) is 4.14. The van der Waals surface area contributed by atoms with Crippen LogP contribution in [-0.4, -0.2) is 42.9 Å². The molecule has 4 amide bonds. The maximum atomic E-state index is 12.8. The number of carbonyl (C=O) groups excluding carboxylic acids is 3. The van der Waals surface area contributed by atoms with Crippen LogP contribution in [0.4, 0.5) is 48.5 Å². The molecule has 0 unspecified atom stereocenters. The van der Waals surface area contributed by atoms with E-state index in [0.717, 1.165) is 60.3 Å². The van der Waals surface area contributed by atoms with Gasteiger partial charge >= 0.3 is 6.03 Å². The highest BCUT2D eigenvalue weighted by Crippen LogP contribution is 2.31. The smallest absolute Gasteiger partial charge is 0.324 e. The van der Waals surface area contributed by atoms with Gasteiger partial charge in [-0.2, -0.15) is 0 Å². The van der Waals surface area contributed by atoms with Gasteiger partial charge in [-0.1, -0.05) is 12.1 Å². The quantitative estimate of drug-likeness (QED) is 0.0619. The Morgan fingerprint density at radius 1 is 0.530 bits per heavy atom. The summed E-state index contributed by atoms with van der Waals surface area (Å²) < 4.78 is 0. The predicted molar refractivity (Wildman–Crippen MR) is 267 cm³/mol. The number of aromatic hydroxyl groups is 1. The Labute approximate surface area is 391 Å². The molecule has 0 radical (unpaired) electrons. The molecule has 0 bridgehead atoms. The predicted octanol–water partition coefficient (Wildman–Crippen LogP) is 12.4. The average molecular weight is 929 g/mol. The van der Waals surface area contributed by atoms with Gasteiger partial charge in [0.1, 0.15) is 5.75 Å². The molecule has 0 saturated carbocycles. The molecule has 0 fully saturated rings. The number of anilines is 8. The standard InChI is InChI=1S/C27H22N6O2S2.C22H18N4O2S/c1-17-6-9-21(14-22(17)31-27-32-23(16-37-27)19-4-2-12-28-15-19)29-25(34)18-7-10-20(11-8-18)30-26(35)33-24-5-3-13-36-24;1-14-4-7-17(24-21(28)15-5-8-18(27)9-6-15)11-19(14)25-22-26-20(13-29-22)16-3-2-10-23-12-16/h2-16H,1H3,(H,29,34)(H,31,32)(H2,30,33,35);2-13,27H,1H3,(H,24,28)(H,25,26). The van der Waals surface area contributed by atoms with Crippen LogP contribution in [0.5, 0.6) is 5.75 Å². The van der Waals surface area contributed by atoms with E-state index in [1.54, 1.807) is 61.2 Å². The Kier molecular flexibility index (Phi) is 14.1. The number of nitrogens with one attached hydrogen (secondary N) is 6. The third-order valence-electron chi connectivity index (χ3n) is 9.69.